The highest BCUT2D eigenvalue weighted by Crippen LogP contribution is 2.31. The van der Waals surface area contributed by atoms with E-state index in [1.807, 2.05) is 24.3 Å². The SMILES string of the molecule is N#Cc1ccc(N2CCC(c3cccc(Br)c3)C2)cc1. The van der Waals surface area contributed by atoms with Crippen LogP contribution in [0.15, 0.2) is 53.0 Å². The minimum atomic E-state index is 0.586. The van der Waals surface area contributed by atoms with Gasteiger partial charge in [0.15, 0.2) is 0 Å². The van der Waals surface area contributed by atoms with Gasteiger partial charge in [0.25, 0.3) is 0 Å². The first-order valence-electron chi connectivity index (χ1n) is 6.77. The van der Waals surface area contributed by atoms with Crippen LogP contribution < -0.4 is 4.90 Å². The maximum Gasteiger partial charge on any atom is 0.0991 e. The van der Waals surface area contributed by atoms with Crippen molar-refractivity contribution in [2.45, 2.75) is 12.3 Å². The fourth-order valence-corrected chi connectivity index (χ4v) is 3.19. The van der Waals surface area contributed by atoms with Gasteiger partial charge in [-0.25, -0.2) is 0 Å². The van der Waals surface area contributed by atoms with Gasteiger partial charge in [-0.1, -0.05) is 28.1 Å². The smallest absolute Gasteiger partial charge is 0.0991 e. The van der Waals surface area contributed by atoms with Gasteiger partial charge >= 0.3 is 0 Å². The predicted octanol–water partition coefficient (Wildman–Crippen LogP) is 4.31. The summed E-state index contributed by atoms with van der Waals surface area (Å²) in [6.45, 7) is 2.12. The van der Waals surface area contributed by atoms with E-state index in [0.717, 1.165) is 23.1 Å². The van der Waals surface area contributed by atoms with E-state index in [-0.39, 0.29) is 0 Å². The average molecular weight is 327 g/mol. The van der Waals surface area contributed by atoms with Crippen LogP contribution in [-0.2, 0) is 0 Å². The van der Waals surface area contributed by atoms with Crippen molar-refractivity contribution in [2.24, 2.45) is 0 Å². The molecule has 1 fully saturated rings. The summed E-state index contributed by atoms with van der Waals surface area (Å²) in [4.78, 5) is 2.40. The van der Waals surface area contributed by atoms with Crippen LogP contribution in [0.1, 0.15) is 23.5 Å². The van der Waals surface area contributed by atoms with Gasteiger partial charge in [-0.15, -0.1) is 0 Å². The van der Waals surface area contributed by atoms with Crippen LogP contribution in [-0.4, -0.2) is 13.1 Å². The summed E-state index contributed by atoms with van der Waals surface area (Å²) in [5, 5.41) is 8.84. The van der Waals surface area contributed by atoms with Crippen LogP contribution in [0.5, 0.6) is 0 Å². The molecule has 2 aromatic rings. The standard InChI is InChI=1S/C17H15BrN2/c18-16-3-1-2-14(10-16)15-8-9-20(12-15)17-6-4-13(11-19)5-7-17/h1-7,10,15H,8-9,12H2. The summed E-state index contributed by atoms with van der Waals surface area (Å²) in [5.41, 5.74) is 3.33. The van der Waals surface area contributed by atoms with Crippen molar-refractivity contribution in [3.8, 4) is 6.07 Å². The molecule has 3 rings (SSSR count). The highest BCUT2D eigenvalue weighted by Gasteiger charge is 2.24. The molecule has 1 atom stereocenters. The molecule has 0 radical (unpaired) electrons. The van der Waals surface area contributed by atoms with Crippen LogP contribution >= 0.6 is 15.9 Å². The number of rotatable bonds is 2. The molecule has 0 bridgehead atoms. The molecule has 0 N–H and O–H groups in total. The van der Waals surface area contributed by atoms with E-state index in [2.05, 4.69) is 51.2 Å². The van der Waals surface area contributed by atoms with Gasteiger partial charge in [0.1, 0.15) is 0 Å². The predicted molar refractivity (Wildman–Crippen MR) is 84.9 cm³/mol. The Kier molecular flexibility index (Phi) is 3.75. The lowest BCUT2D eigenvalue weighted by Crippen LogP contribution is -2.18. The molecule has 1 aliphatic rings. The molecule has 0 aromatic heterocycles. The quantitative estimate of drug-likeness (QED) is 0.822. The lowest BCUT2D eigenvalue weighted by molar-refractivity contribution is 0.774. The minimum Gasteiger partial charge on any atom is -0.371 e. The number of hydrogen-bond acceptors (Lipinski definition) is 2. The van der Waals surface area contributed by atoms with Crippen molar-refractivity contribution < 1.29 is 0 Å². The molecule has 1 aliphatic heterocycles. The van der Waals surface area contributed by atoms with E-state index in [0.29, 0.717) is 5.92 Å². The minimum absolute atomic E-state index is 0.586. The van der Waals surface area contributed by atoms with E-state index in [9.17, 15) is 0 Å². The van der Waals surface area contributed by atoms with E-state index >= 15 is 0 Å². The summed E-state index contributed by atoms with van der Waals surface area (Å²) in [6.07, 6.45) is 1.18. The molecule has 3 heteroatoms. The third-order valence-corrected chi connectivity index (χ3v) is 4.36. The molecule has 0 aliphatic carbocycles. The van der Waals surface area contributed by atoms with Gasteiger partial charge in [-0.3, -0.25) is 0 Å². The Hall–Kier alpha value is -1.79. The maximum atomic E-state index is 8.84. The molecular formula is C17H15BrN2. The molecule has 0 amide bonds. The third kappa shape index (κ3) is 2.71. The molecule has 1 saturated heterocycles. The summed E-state index contributed by atoms with van der Waals surface area (Å²) in [5.74, 6) is 0.586. The van der Waals surface area contributed by atoms with Crippen molar-refractivity contribution in [2.75, 3.05) is 18.0 Å². The topological polar surface area (TPSA) is 27.0 Å². The van der Waals surface area contributed by atoms with Crippen LogP contribution in [0.4, 0.5) is 5.69 Å². The van der Waals surface area contributed by atoms with Crippen LogP contribution in [0.25, 0.3) is 0 Å². The second-order valence-corrected chi connectivity index (χ2v) is 6.06. The normalized spacial score (nSPS) is 18.0. The molecule has 100 valence electrons. The Labute approximate surface area is 127 Å². The number of hydrogen-bond donors (Lipinski definition) is 0. The number of nitrogens with zero attached hydrogens (tertiary/aromatic N) is 2. The molecule has 2 nitrogen and oxygen atoms in total. The Morgan fingerprint density at radius 3 is 2.65 bits per heavy atom. The molecule has 1 unspecified atom stereocenters. The first kappa shape index (κ1) is 13.2. The molecule has 1 heterocycles. The van der Waals surface area contributed by atoms with Crippen LogP contribution in [0.2, 0.25) is 0 Å². The largest absolute Gasteiger partial charge is 0.371 e. The van der Waals surface area contributed by atoms with Gasteiger partial charge in [0, 0.05) is 29.2 Å². The van der Waals surface area contributed by atoms with Crippen molar-refractivity contribution in [1.82, 2.24) is 0 Å². The Morgan fingerprint density at radius 1 is 1.15 bits per heavy atom. The maximum absolute atomic E-state index is 8.84. The Balaban J connectivity index is 1.74. The van der Waals surface area contributed by atoms with Gasteiger partial charge in [-0.2, -0.15) is 5.26 Å². The molecule has 0 saturated carbocycles. The Bertz CT molecular complexity index is 643. The van der Waals surface area contributed by atoms with Crippen LogP contribution in [0.3, 0.4) is 0 Å². The lowest BCUT2D eigenvalue weighted by Gasteiger charge is -2.19. The highest BCUT2D eigenvalue weighted by molar-refractivity contribution is 9.10. The van der Waals surface area contributed by atoms with E-state index < -0.39 is 0 Å². The van der Waals surface area contributed by atoms with Gasteiger partial charge < -0.3 is 4.90 Å². The zero-order chi connectivity index (χ0) is 13.9. The zero-order valence-corrected chi connectivity index (χ0v) is 12.7. The monoisotopic (exact) mass is 326 g/mol. The molecule has 20 heavy (non-hydrogen) atoms. The van der Waals surface area contributed by atoms with E-state index in [4.69, 9.17) is 5.26 Å². The van der Waals surface area contributed by atoms with Gasteiger partial charge in [0.2, 0.25) is 0 Å². The summed E-state index contributed by atoms with van der Waals surface area (Å²) in [6, 6.07) is 18.6. The van der Waals surface area contributed by atoms with Crippen molar-refractivity contribution in [1.29, 1.82) is 5.26 Å². The fourth-order valence-electron chi connectivity index (χ4n) is 2.77. The third-order valence-electron chi connectivity index (χ3n) is 3.87. The second-order valence-electron chi connectivity index (χ2n) is 5.15. The first-order valence-corrected chi connectivity index (χ1v) is 7.56. The van der Waals surface area contributed by atoms with Gasteiger partial charge in [-0.05, 0) is 48.4 Å². The summed E-state index contributed by atoms with van der Waals surface area (Å²) >= 11 is 3.54. The zero-order valence-electron chi connectivity index (χ0n) is 11.1. The lowest BCUT2D eigenvalue weighted by atomic mass is 9.99. The van der Waals surface area contributed by atoms with E-state index in [1.165, 1.54) is 17.7 Å². The van der Waals surface area contributed by atoms with Crippen LogP contribution in [0, 0.1) is 11.3 Å². The fraction of sp³-hybridized carbons (Fsp3) is 0.235. The number of anilines is 1. The summed E-state index contributed by atoms with van der Waals surface area (Å²) in [7, 11) is 0. The number of nitriles is 1. The van der Waals surface area contributed by atoms with Crippen molar-refractivity contribution in [3.63, 3.8) is 0 Å². The molecule has 0 spiro atoms. The van der Waals surface area contributed by atoms with Crippen molar-refractivity contribution >= 4 is 21.6 Å². The molecular weight excluding hydrogens is 312 g/mol. The molecule has 2 aromatic carbocycles. The second kappa shape index (κ2) is 5.68. The average Bonchev–Trinajstić information content (AvgIpc) is 2.97. The number of halogens is 1. The Morgan fingerprint density at radius 2 is 1.95 bits per heavy atom. The first-order chi connectivity index (χ1) is 9.76. The van der Waals surface area contributed by atoms with E-state index in [1.54, 1.807) is 0 Å². The highest BCUT2D eigenvalue weighted by atomic mass is 79.9. The van der Waals surface area contributed by atoms with Crippen molar-refractivity contribution in [3.05, 3.63) is 64.1 Å². The van der Waals surface area contributed by atoms with Gasteiger partial charge in [0.05, 0.1) is 11.6 Å². The number of benzene rings is 2. The summed E-state index contributed by atoms with van der Waals surface area (Å²) < 4.78 is 1.15.